The van der Waals surface area contributed by atoms with Gasteiger partial charge in [0.25, 0.3) is 0 Å². The van der Waals surface area contributed by atoms with Gasteiger partial charge in [-0.05, 0) is 23.8 Å². The van der Waals surface area contributed by atoms with Gasteiger partial charge in [0.05, 0.1) is 18.8 Å². The Morgan fingerprint density at radius 1 is 1.17 bits per heavy atom. The quantitative estimate of drug-likeness (QED) is 0.392. The van der Waals surface area contributed by atoms with Gasteiger partial charge in [0.15, 0.2) is 6.61 Å². The standard InChI is InChI=1S/C21H18BN5O3/c1-27-11-15(10-24-27)13-6-17(8-18(7-13)30-12-20(28)29-2)25-21-23-9-14-5-16(22)3-4-19(14)26-21/h3-11H,12H2,1-2H3,(H,23,25,26). The van der Waals surface area contributed by atoms with Gasteiger partial charge in [0.2, 0.25) is 5.95 Å². The van der Waals surface area contributed by atoms with Crippen molar-refractivity contribution < 1.29 is 14.3 Å². The lowest BCUT2D eigenvalue weighted by molar-refractivity contribution is -0.142. The highest BCUT2D eigenvalue weighted by molar-refractivity contribution is 6.33. The summed E-state index contributed by atoms with van der Waals surface area (Å²) < 4.78 is 11.9. The second-order valence-electron chi connectivity index (χ2n) is 6.65. The van der Waals surface area contributed by atoms with Crippen LogP contribution in [0.3, 0.4) is 0 Å². The van der Waals surface area contributed by atoms with Gasteiger partial charge >= 0.3 is 5.97 Å². The van der Waals surface area contributed by atoms with Gasteiger partial charge in [-0.15, -0.1) is 0 Å². The monoisotopic (exact) mass is 399 g/mol. The van der Waals surface area contributed by atoms with E-state index in [1.54, 1.807) is 29.2 Å². The third-order valence-corrected chi connectivity index (χ3v) is 4.39. The number of aromatic nitrogens is 4. The van der Waals surface area contributed by atoms with Crippen molar-refractivity contribution in [1.82, 2.24) is 19.7 Å². The van der Waals surface area contributed by atoms with Crippen LogP contribution in [0.25, 0.3) is 22.0 Å². The number of ether oxygens (including phenoxy) is 2. The Balaban J connectivity index is 1.67. The molecular weight excluding hydrogens is 381 g/mol. The number of nitrogens with zero attached hydrogens (tertiary/aromatic N) is 4. The third-order valence-electron chi connectivity index (χ3n) is 4.39. The van der Waals surface area contributed by atoms with E-state index >= 15 is 0 Å². The van der Waals surface area contributed by atoms with E-state index in [2.05, 4.69) is 25.1 Å². The summed E-state index contributed by atoms with van der Waals surface area (Å²) >= 11 is 0. The van der Waals surface area contributed by atoms with E-state index in [4.69, 9.17) is 12.6 Å². The average Bonchev–Trinajstić information content (AvgIpc) is 3.18. The first kappa shape index (κ1) is 19.4. The molecule has 1 N–H and O–H groups in total. The van der Waals surface area contributed by atoms with Gasteiger partial charge in [-0.25, -0.2) is 14.8 Å². The molecule has 0 bridgehead atoms. The van der Waals surface area contributed by atoms with E-state index in [9.17, 15) is 4.79 Å². The molecule has 2 heterocycles. The van der Waals surface area contributed by atoms with Crippen LogP contribution in [-0.2, 0) is 16.6 Å². The van der Waals surface area contributed by atoms with Crippen LogP contribution in [0, 0.1) is 0 Å². The highest BCUT2D eigenvalue weighted by atomic mass is 16.6. The normalized spacial score (nSPS) is 10.7. The lowest BCUT2D eigenvalue weighted by atomic mass is 9.95. The van der Waals surface area contributed by atoms with Gasteiger partial charge in [0, 0.05) is 42.1 Å². The minimum atomic E-state index is -0.464. The van der Waals surface area contributed by atoms with Crippen molar-refractivity contribution in [3.63, 3.8) is 0 Å². The second-order valence-corrected chi connectivity index (χ2v) is 6.65. The number of carbonyl (C=O) groups excluding carboxylic acids is 1. The SMILES string of the molecule is [B]c1ccc2nc(Nc3cc(OCC(=O)OC)cc(-c4cnn(C)c4)c3)ncc2c1. The molecule has 4 aromatic rings. The molecule has 2 radical (unpaired) electrons. The first-order chi connectivity index (χ1) is 14.5. The zero-order valence-corrected chi connectivity index (χ0v) is 16.5. The number of methoxy groups -OCH3 is 1. The summed E-state index contributed by atoms with van der Waals surface area (Å²) in [6.07, 6.45) is 5.35. The van der Waals surface area contributed by atoms with E-state index in [0.29, 0.717) is 22.8 Å². The lowest BCUT2D eigenvalue weighted by Crippen LogP contribution is -2.12. The second kappa shape index (κ2) is 8.24. The largest absolute Gasteiger partial charge is 0.482 e. The lowest BCUT2D eigenvalue weighted by Gasteiger charge is -2.11. The number of benzene rings is 2. The van der Waals surface area contributed by atoms with Gasteiger partial charge in [0.1, 0.15) is 13.6 Å². The summed E-state index contributed by atoms with van der Waals surface area (Å²) in [6, 6.07) is 11.0. The number of hydrogen-bond acceptors (Lipinski definition) is 7. The molecule has 9 heteroatoms. The van der Waals surface area contributed by atoms with Crippen LogP contribution in [0.1, 0.15) is 0 Å². The third kappa shape index (κ3) is 4.40. The van der Waals surface area contributed by atoms with Crippen LogP contribution in [-0.4, -0.2) is 47.3 Å². The summed E-state index contributed by atoms with van der Waals surface area (Å²) in [5.74, 6) is 0.459. The fourth-order valence-electron chi connectivity index (χ4n) is 2.93. The fraction of sp³-hybridized carbons (Fsp3) is 0.143. The predicted octanol–water partition coefficient (Wildman–Crippen LogP) is 2.12. The van der Waals surface area contributed by atoms with Gasteiger partial charge < -0.3 is 14.8 Å². The van der Waals surface area contributed by atoms with E-state index in [1.165, 1.54) is 7.11 Å². The number of anilines is 2. The minimum absolute atomic E-state index is 0.194. The van der Waals surface area contributed by atoms with Crippen LogP contribution < -0.4 is 15.5 Å². The van der Waals surface area contributed by atoms with Gasteiger partial charge in [-0.2, -0.15) is 5.10 Å². The summed E-state index contributed by atoms with van der Waals surface area (Å²) in [5.41, 5.74) is 3.89. The summed E-state index contributed by atoms with van der Waals surface area (Å²) in [6.45, 7) is -0.194. The van der Waals surface area contributed by atoms with Crippen LogP contribution in [0.2, 0.25) is 0 Å². The molecule has 0 aliphatic heterocycles. The molecule has 0 saturated carbocycles. The molecule has 0 unspecified atom stereocenters. The zero-order chi connectivity index (χ0) is 21.1. The molecule has 0 atom stereocenters. The maximum Gasteiger partial charge on any atom is 0.343 e. The van der Waals surface area contributed by atoms with Crippen LogP contribution >= 0.6 is 0 Å². The topological polar surface area (TPSA) is 91.2 Å². The number of fused-ring (bicyclic) bond motifs is 1. The van der Waals surface area contributed by atoms with Crippen LogP contribution in [0.15, 0.2) is 55.0 Å². The molecule has 8 nitrogen and oxygen atoms in total. The Morgan fingerprint density at radius 2 is 2.03 bits per heavy atom. The molecule has 0 aliphatic rings. The van der Waals surface area contributed by atoms with E-state index in [1.807, 2.05) is 37.5 Å². The Labute approximate surface area is 174 Å². The van der Waals surface area contributed by atoms with Crippen molar-refractivity contribution in [2.45, 2.75) is 0 Å². The van der Waals surface area contributed by atoms with Gasteiger partial charge in [-0.3, -0.25) is 4.68 Å². The maximum absolute atomic E-state index is 11.5. The van der Waals surface area contributed by atoms with Crippen molar-refractivity contribution in [1.29, 1.82) is 0 Å². The molecule has 148 valence electrons. The molecule has 30 heavy (non-hydrogen) atoms. The molecule has 0 aliphatic carbocycles. The van der Waals surface area contributed by atoms with Crippen LogP contribution in [0.4, 0.5) is 11.6 Å². The van der Waals surface area contributed by atoms with E-state index < -0.39 is 5.97 Å². The van der Waals surface area contributed by atoms with Crippen molar-refractivity contribution in [3.05, 3.63) is 55.0 Å². The number of hydrogen-bond donors (Lipinski definition) is 1. The number of nitrogens with one attached hydrogen (secondary N) is 1. The fourth-order valence-corrected chi connectivity index (χ4v) is 2.93. The van der Waals surface area contributed by atoms with Gasteiger partial charge in [-0.1, -0.05) is 17.6 Å². The zero-order valence-electron chi connectivity index (χ0n) is 16.5. The number of aryl methyl sites for hydroxylation is 1. The van der Waals surface area contributed by atoms with E-state index in [0.717, 1.165) is 22.0 Å². The maximum atomic E-state index is 11.5. The Hall–Kier alpha value is -3.88. The molecule has 2 aromatic heterocycles. The Kier molecular flexibility index (Phi) is 5.34. The first-order valence-electron chi connectivity index (χ1n) is 9.13. The summed E-state index contributed by atoms with van der Waals surface area (Å²) in [4.78, 5) is 20.3. The summed E-state index contributed by atoms with van der Waals surface area (Å²) in [7, 11) is 8.97. The minimum Gasteiger partial charge on any atom is -0.482 e. The number of carbonyl (C=O) groups is 1. The highest BCUT2D eigenvalue weighted by Crippen LogP contribution is 2.30. The smallest absolute Gasteiger partial charge is 0.343 e. The van der Waals surface area contributed by atoms with Crippen molar-refractivity contribution in [2.75, 3.05) is 19.0 Å². The summed E-state index contributed by atoms with van der Waals surface area (Å²) in [5, 5.41) is 8.26. The molecule has 0 amide bonds. The van der Waals surface area contributed by atoms with Crippen molar-refractivity contribution >= 4 is 41.8 Å². The number of esters is 1. The molecule has 0 spiro atoms. The van der Waals surface area contributed by atoms with E-state index in [-0.39, 0.29) is 6.61 Å². The molecule has 0 fully saturated rings. The Bertz CT molecular complexity index is 1220. The molecule has 2 aromatic carbocycles. The molecule has 0 saturated heterocycles. The number of rotatable bonds is 6. The molecule has 4 rings (SSSR count). The molecular formula is C21H18BN5O3. The highest BCUT2D eigenvalue weighted by Gasteiger charge is 2.10. The predicted molar refractivity (Wildman–Crippen MR) is 114 cm³/mol. The van der Waals surface area contributed by atoms with Crippen molar-refractivity contribution in [3.8, 4) is 16.9 Å². The first-order valence-corrected chi connectivity index (χ1v) is 9.13. The Morgan fingerprint density at radius 3 is 2.80 bits per heavy atom. The van der Waals surface area contributed by atoms with Crippen LogP contribution in [0.5, 0.6) is 5.75 Å². The van der Waals surface area contributed by atoms with Crippen molar-refractivity contribution in [2.24, 2.45) is 7.05 Å². The average molecular weight is 399 g/mol.